The highest BCUT2D eigenvalue weighted by Gasteiger charge is 2.27. The van der Waals surface area contributed by atoms with Crippen molar-refractivity contribution < 1.29 is 47.8 Å². The van der Waals surface area contributed by atoms with Crippen LogP contribution >= 0.6 is 7.82 Å². The number of hydrogen-bond donors (Lipinski definition) is 3. The Morgan fingerprint density at radius 1 is 0.547 bits per heavy atom. The predicted molar refractivity (Wildman–Crippen MR) is 215 cm³/mol. The predicted octanol–water partition coefficient (Wildman–Crippen LogP) is 11.0. The highest BCUT2D eigenvalue weighted by atomic mass is 31.2. The van der Waals surface area contributed by atoms with Gasteiger partial charge in [0.1, 0.15) is 12.7 Å². The van der Waals surface area contributed by atoms with Crippen LogP contribution in [0.1, 0.15) is 194 Å². The van der Waals surface area contributed by atoms with Gasteiger partial charge in [0, 0.05) is 12.8 Å². The maximum atomic E-state index is 12.6. The van der Waals surface area contributed by atoms with Gasteiger partial charge in [0.25, 0.3) is 0 Å². The van der Waals surface area contributed by atoms with E-state index in [9.17, 15) is 24.2 Å². The lowest BCUT2D eigenvalue weighted by Gasteiger charge is -2.20. The van der Waals surface area contributed by atoms with Crippen molar-refractivity contribution in [3.05, 3.63) is 24.3 Å². The van der Waals surface area contributed by atoms with Crippen LogP contribution in [0.25, 0.3) is 0 Å². The maximum absolute atomic E-state index is 12.6. The van der Waals surface area contributed by atoms with Crippen LogP contribution in [0, 0.1) is 0 Å². The number of carbonyl (C=O) groups is 2. The Morgan fingerprint density at radius 3 is 1.36 bits per heavy atom. The van der Waals surface area contributed by atoms with E-state index in [-0.39, 0.29) is 19.4 Å². The summed E-state index contributed by atoms with van der Waals surface area (Å²) in [7, 11) is -4.62. The molecule has 0 saturated carbocycles. The average Bonchev–Trinajstić information content (AvgIpc) is 3.14. The third-order valence-electron chi connectivity index (χ3n) is 9.08. The first-order valence-corrected chi connectivity index (χ1v) is 22.8. The normalized spacial score (nSPS) is 14.1. The topological polar surface area (TPSA) is 149 Å². The Hall–Kier alpha value is -1.55. The molecule has 3 atom stereocenters. The number of rotatable bonds is 40. The molecule has 0 fully saturated rings. The van der Waals surface area contributed by atoms with Crippen molar-refractivity contribution in [1.82, 2.24) is 0 Å². The molecule has 0 spiro atoms. The number of ether oxygens (including phenoxy) is 2. The minimum absolute atomic E-state index is 0.174. The number of hydrogen-bond acceptors (Lipinski definition) is 9. The number of unbranched alkanes of at least 4 members (excludes halogenated alkanes) is 22. The molecule has 0 amide bonds. The maximum Gasteiger partial charge on any atom is 0.472 e. The van der Waals surface area contributed by atoms with Crippen LogP contribution < -0.4 is 0 Å². The van der Waals surface area contributed by atoms with E-state index in [1.807, 2.05) is 0 Å². The van der Waals surface area contributed by atoms with Gasteiger partial charge < -0.3 is 24.6 Å². The zero-order valence-corrected chi connectivity index (χ0v) is 34.6. The van der Waals surface area contributed by atoms with Crippen molar-refractivity contribution in [2.24, 2.45) is 0 Å². The molecule has 0 aromatic heterocycles. The molecule has 10 nitrogen and oxygen atoms in total. The Labute approximate surface area is 323 Å². The summed E-state index contributed by atoms with van der Waals surface area (Å²) in [6, 6.07) is 0. The summed E-state index contributed by atoms with van der Waals surface area (Å²) in [6.07, 6.45) is 37.1. The van der Waals surface area contributed by atoms with E-state index in [0.29, 0.717) is 12.8 Å². The summed E-state index contributed by atoms with van der Waals surface area (Å²) in [6.45, 7) is 2.36. The minimum Gasteiger partial charge on any atom is -0.462 e. The van der Waals surface area contributed by atoms with E-state index in [1.54, 1.807) is 0 Å². The standard InChI is InChI=1S/C42H79O10P/c1-3-5-7-9-11-13-15-17-19-21-23-25-27-29-31-33-41(45)49-37-40(38-51-53(47,48)50-36-39(44)35-43)52-42(46)34-32-30-28-26-24-22-20-18-16-14-12-10-8-6-4-2/h17-20,39-40,43-44H,3-16,21-38H2,1-2H3,(H,47,48)/b19-17-,20-18-. The minimum atomic E-state index is -4.62. The van der Waals surface area contributed by atoms with Crippen LogP contribution in [0.2, 0.25) is 0 Å². The smallest absolute Gasteiger partial charge is 0.462 e. The number of carbonyl (C=O) groups excluding carboxylic acids is 2. The van der Waals surface area contributed by atoms with E-state index in [2.05, 4.69) is 42.7 Å². The van der Waals surface area contributed by atoms with E-state index in [4.69, 9.17) is 19.1 Å². The lowest BCUT2D eigenvalue weighted by molar-refractivity contribution is -0.161. The monoisotopic (exact) mass is 775 g/mol. The molecule has 11 heteroatoms. The zero-order valence-electron chi connectivity index (χ0n) is 33.7. The molecule has 53 heavy (non-hydrogen) atoms. The molecule has 0 heterocycles. The quantitative estimate of drug-likeness (QED) is 0.0238. The van der Waals surface area contributed by atoms with E-state index in [1.165, 1.54) is 83.5 Å². The van der Waals surface area contributed by atoms with Crippen LogP contribution in [-0.4, -0.2) is 65.7 Å². The molecule has 0 aliphatic rings. The van der Waals surface area contributed by atoms with E-state index >= 15 is 0 Å². The Balaban J connectivity index is 4.33. The number of aliphatic hydroxyl groups excluding tert-OH is 2. The van der Waals surface area contributed by atoms with Crippen LogP contribution in [0.3, 0.4) is 0 Å². The molecule has 0 bridgehead atoms. The van der Waals surface area contributed by atoms with E-state index < -0.39 is 51.8 Å². The number of allylic oxidation sites excluding steroid dienone is 4. The SMILES string of the molecule is CCCCCCCC/C=C\CCCCCCCC(=O)OCC(COP(=O)(O)OCC(O)CO)OC(=O)CCCCCCC/C=C\CCCCCCCC. The largest absolute Gasteiger partial charge is 0.472 e. The fourth-order valence-corrected chi connectivity index (χ4v) is 6.54. The molecule has 312 valence electrons. The first-order valence-electron chi connectivity index (χ1n) is 21.3. The van der Waals surface area contributed by atoms with Gasteiger partial charge in [-0.05, 0) is 64.2 Å². The van der Waals surface area contributed by atoms with Crippen molar-refractivity contribution >= 4 is 19.8 Å². The lowest BCUT2D eigenvalue weighted by Crippen LogP contribution is -2.29. The summed E-state index contributed by atoms with van der Waals surface area (Å²) in [5.74, 6) is -0.940. The fourth-order valence-electron chi connectivity index (χ4n) is 5.75. The highest BCUT2D eigenvalue weighted by Crippen LogP contribution is 2.43. The van der Waals surface area contributed by atoms with Gasteiger partial charge in [-0.2, -0.15) is 0 Å². The second-order valence-electron chi connectivity index (χ2n) is 14.4. The van der Waals surface area contributed by atoms with Crippen LogP contribution in [-0.2, 0) is 32.7 Å². The molecule has 0 aromatic rings. The van der Waals surface area contributed by atoms with Crippen molar-refractivity contribution in [2.45, 2.75) is 206 Å². The first kappa shape index (κ1) is 51.5. The molecule has 0 aliphatic carbocycles. The van der Waals surface area contributed by atoms with Gasteiger partial charge in [0.05, 0.1) is 19.8 Å². The molecule has 0 rings (SSSR count). The van der Waals surface area contributed by atoms with Gasteiger partial charge >= 0.3 is 19.8 Å². The van der Waals surface area contributed by atoms with Crippen molar-refractivity contribution in [3.8, 4) is 0 Å². The van der Waals surface area contributed by atoms with Crippen molar-refractivity contribution in [1.29, 1.82) is 0 Å². The Morgan fingerprint density at radius 2 is 0.925 bits per heavy atom. The summed E-state index contributed by atoms with van der Waals surface area (Å²) >= 11 is 0. The molecule has 0 radical (unpaired) electrons. The van der Waals surface area contributed by atoms with E-state index in [0.717, 1.165) is 70.6 Å². The second-order valence-corrected chi connectivity index (χ2v) is 15.8. The molecule has 3 unspecified atom stereocenters. The molecular formula is C42H79O10P. The summed E-state index contributed by atoms with van der Waals surface area (Å²) in [4.78, 5) is 34.9. The Bertz CT molecular complexity index is 941. The molecule has 3 N–H and O–H groups in total. The Kier molecular flexibility index (Phi) is 37.6. The third-order valence-corrected chi connectivity index (χ3v) is 10.0. The average molecular weight is 775 g/mol. The van der Waals surface area contributed by atoms with Gasteiger partial charge in [-0.3, -0.25) is 18.6 Å². The van der Waals surface area contributed by atoms with Gasteiger partial charge in [0.2, 0.25) is 0 Å². The zero-order chi connectivity index (χ0) is 39.1. The first-order chi connectivity index (χ1) is 25.7. The number of esters is 2. The molecule has 0 saturated heterocycles. The third kappa shape index (κ3) is 38.5. The number of phosphoric ester groups is 1. The van der Waals surface area contributed by atoms with Crippen molar-refractivity contribution in [3.63, 3.8) is 0 Å². The summed E-state index contributed by atoms with van der Waals surface area (Å²) in [5.41, 5.74) is 0. The van der Waals surface area contributed by atoms with Gasteiger partial charge in [0.15, 0.2) is 6.10 Å². The summed E-state index contributed by atoms with van der Waals surface area (Å²) in [5, 5.41) is 18.3. The van der Waals surface area contributed by atoms with Crippen LogP contribution in [0.5, 0.6) is 0 Å². The van der Waals surface area contributed by atoms with Gasteiger partial charge in [-0.25, -0.2) is 4.57 Å². The number of aliphatic hydroxyl groups is 2. The lowest BCUT2D eigenvalue weighted by atomic mass is 10.1. The van der Waals surface area contributed by atoms with Crippen molar-refractivity contribution in [2.75, 3.05) is 26.4 Å². The van der Waals surface area contributed by atoms with Gasteiger partial charge in [-0.15, -0.1) is 0 Å². The second kappa shape index (κ2) is 38.7. The fraction of sp³-hybridized carbons (Fsp3) is 0.857. The molecular weight excluding hydrogens is 695 g/mol. The summed E-state index contributed by atoms with van der Waals surface area (Å²) < 4.78 is 32.7. The highest BCUT2D eigenvalue weighted by molar-refractivity contribution is 7.47. The molecule has 0 aromatic carbocycles. The van der Waals surface area contributed by atoms with Gasteiger partial charge in [-0.1, -0.05) is 141 Å². The van der Waals surface area contributed by atoms with Crippen LogP contribution in [0.4, 0.5) is 0 Å². The number of phosphoric acid groups is 1. The van der Waals surface area contributed by atoms with Crippen LogP contribution in [0.15, 0.2) is 24.3 Å². The molecule has 0 aliphatic heterocycles.